The van der Waals surface area contributed by atoms with Crippen LogP contribution in [0.15, 0.2) is 0 Å². The standard InChI is InChI=1S/C13H28O/c1-5-8-9-13(7-3)11-14-10-12(4)6-2/h12-13H,5-11H2,1-4H3. The van der Waals surface area contributed by atoms with Crippen LogP contribution in [-0.4, -0.2) is 13.2 Å². The van der Waals surface area contributed by atoms with E-state index in [2.05, 4.69) is 27.7 Å². The second-order valence-electron chi connectivity index (χ2n) is 4.47. The van der Waals surface area contributed by atoms with E-state index in [9.17, 15) is 0 Å². The van der Waals surface area contributed by atoms with Crippen LogP contribution in [0.3, 0.4) is 0 Å². The minimum atomic E-state index is 0.721. The molecule has 0 N–H and O–H groups in total. The fourth-order valence-corrected chi connectivity index (χ4v) is 1.45. The highest BCUT2D eigenvalue weighted by atomic mass is 16.5. The van der Waals surface area contributed by atoms with Crippen LogP contribution in [0.5, 0.6) is 0 Å². The summed E-state index contributed by atoms with van der Waals surface area (Å²) in [5.41, 5.74) is 0. The molecule has 0 fully saturated rings. The SMILES string of the molecule is CCCCC(CC)COCC(C)CC. The summed E-state index contributed by atoms with van der Waals surface area (Å²) in [4.78, 5) is 0. The molecule has 0 aromatic carbocycles. The Hall–Kier alpha value is -0.0400. The molecular weight excluding hydrogens is 172 g/mol. The van der Waals surface area contributed by atoms with Crippen molar-refractivity contribution in [1.29, 1.82) is 0 Å². The first kappa shape index (κ1) is 14.0. The van der Waals surface area contributed by atoms with Crippen LogP contribution in [0.1, 0.15) is 59.8 Å². The van der Waals surface area contributed by atoms with Crippen molar-refractivity contribution in [3.63, 3.8) is 0 Å². The van der Waals surface area contributed by atoms with E-state index in [1.54, 1.807) is 0 Å². The summed E-state index contributed by atoms with van der Waals surface area (Å²) >= 11 is 0. The van der Waals surface area contributed by atoms with Gasteiger partial charge in [-0.05, 0) is 18.3 Å². The van der Waals surface area contributed by atoms with Crippen LogP contribution in [0.4, 0.5) is 0 Å². The van der Waals surface area contributed by atoms with Gasteiger partial charge in [-0.25, -0.2) is 0 Å². The van der Waals surface area contributed by atoms with Gasteiger partial charge in [-0.2, -0.15) is 0 Å². The van der Waals surface area contributed by atoms with Crippen molar-refractivity contribution >= 4 is 0 Å². The lowest BCUT2D eigenvalue weighted by Gasteiger charge is -2.16. The molecule has 1 nitrogen and oxygen atoms in total. The zero-order valence-corrected chi connectivity index (χ0v) is 10.5. The first-order chi connectivity index (χ1) is 6.74. The van der Waals surface area contributed by atoms with Gasteiger partial charge in [0.05, 0.1) is 0 Å². The van der Waals surface area contributed by atoms with Gasteiger partial charge >= 0.3 is 0 Å². The van der Waals surface area contributed by atoms with Crippen LogP contribution < -0.4 is 0 Å². The second kappa shape index (κ2) is 9.51. The maximum atomic E-state index is 5.74. The van der Waals surface area contributed by atoms with E-state index < -0.39 is 0 Å². The van der Waals surface area contributed by atoms with E-state index in [0.29, 0.717) is 0 Å². The summed E-state index contributed by atoms with van der Waals surface area (Å²) < 4.78 is 5.74. The predicted octanol–water partition coefficient (Wildman–Crippen LogP) is 4.27. The number of unbranched alkanes of at least 4 members (excludes halogenated alkanes) is 1. The minimum Gasteiger partial charge on any atom is -0.381 e. The summed E-state index contributed by atoms with van der Waals surface area (Å²) in [5.74, 6) is 1.51. The van der Waals surface area contributed by atoms with E-state index in [4.69, 9.17) is 4.74 Å². The largest absolute Gasteiger partial charge is 0.381 e. The van der Waals surface area contributed by atoms with Crippen LogP contribution in [0.2, 0.25) is 0 Å². The third kappa shape index (κ3) is 7.37. The molecule has 0 rings (SSSR count). The van der Waals surface area contributed by atoms with Crippen LogP contribution in [0, 0.1) is 11.8 Å². The van der Waals surface area contributed by atoms with E-state index >= 15 is 0 Å². The lowest BCUT2D eigenvalue weighted by Crippen LogP contribution is -2.12. The maximum absolute atomic E-state index is 5.74. The molecular formula is C13H28O. The highest BCUT2D eigenvalue weighted by molar-refractivity contribution is 4.56. The molecule has 0 amide bonds. The van der Waals surface area contributed by atoms with Gasteiger partial charge in [-0.1, -0.05) is 53.4 Å². The van der Waals surface area contributed by atoms with Crippen molar-refractivity contribution in [2.45, 2.75) is 59.8 Å². The fraction of sp³-hybridized carbons (Fsp3) is 1.00. The highest BCUT2D eigenvalue weighted by Crippen LogP contribution is 2.13. The molecule has 86 valence electrons. The molecule has 2 atom stereocenters. The van der Waals surface area contributed by atoms with Crippen molar-refractivity contribution in [1.82, 2.24) is 0 Å². The Kier molecular flexibility index (Phi) is 9.49. The summed E-state index contributed by atoms with van der Waals surface area (Å²) in [6, 6.07) is 0. The molecule has 0 saturated carbocycles. The van der Waals surface area contributed by atoms with Crippen LogP contribution in [0.25, 0.3) is 0 Å². The Morgan fingerprint density at radius 2 is 1.71 bits per heavy atom. The molecule has 0 aromatic heterocycles. The summed E-state index contributed by atoms with van der Waals surface area (Å²) in [7, 11) is 0. The normalized spacial score (nSPS) is 15.4. The Labute approximate surface area is 90.2 Å². The van der Waals surface area contributed by atoms with Crippen molar-refractivity contribution in [2.24, 2.45) is 11.8 Å². The zero-order chi connectivity index (χ0) is 10.8. The smallest absolute Gasteiger partial charge is 0.0494 e. The Balaban J connectivity index is 3.42. The van der Waals surface area contributed by atoms with Crippen molar-refractivity contribution in [3.8, 4) is 0 Å². The van der Waals surface area contributed by atoms with Crippen molar-refractivity contribution in [3.05, 3.63) is 0 Å². The third-order valence-corrected chi connectivity index (χ3v) is 3.00. The Morgan fingerprint density at radius 1 is 1.00 bits per heavy atom. The van der Waals surface area contributed by atoms with E-state index in [-0.39, 0.29) is 0 Å². The number of rotatable bonds is 9. The van der Waals surface area contributed by atoms with Gasteiger partial charge in [0.1, 0.15) is 0 Å². The summed E-state index contributed by atoms with van der Waals surface area (Å²) in [6.45, 7) is 10.9. The average molecular weight is 200 g/mol. The zero-order valence-electron chi connectivity index (χ0n) is 10.5. The molecule has 0 aliphatic heterocycles. The van der Waals surface area contributed by atoms with Gasteiger partial charge in [-0.15, -0.1) is 0 Å². The molecule has 0 aromatic rings. The van der Waals surface area contributed by atoms with E-state index in [0.717, 1.165) is 25.0 Å². The number of hydrogen-bond acceptors (Lipinski definition) is 1. The van der Waals surface area contributed by atoms with Crippen molar-refractivity contribution in [2.75, 3.05) is 13.2 Å². The molecule has 0 saturated heterocycles. The van der Waals surface area contributed by atoms with Gasteiger partial charge < -0.3 is 4.74 Å². The van der Waals surface area contributed by atoms with Gasteiger partial charge in [0, 0.05) is 13.2 Å². The Morgan fingerprint density at radius 3 is 2.21 bits per heavy atom. The Bertz CT molecular complexity index is 112. The molecule has 2 unspecified atom stereocenters. The van der Waals surface area contributed by atoms with Crippen LogP contribution >= 0.6 is 0 Å². The van der Waals surface area contributed by atoms with Gasteiger partial charge in [-0.3, -0.25) is 0 Å². The molecule has 0 heterocycles. The van der Waals surface area contributed by atoms with Crippen molar-refractivity contribution < 1.29 is 4.74 Å². The molecule has 1 heteroatoms. The van der Waals surface area contributed by atoms with Crippen LogP contribution in [-0.2, 0) is 4.74 Å². The molecule has 0 bridgehead atoms. The first-order valence-corrected chi connectivity index (χ1v) is 6.32. The second-order valence-corrected chi connectivity index (χ2v) is 4.47. The molecule has 0 aliphatic rings. The van der Waals surface area contributed by atoms with E-state index in [1.165, 1.54) is 32.1 Å². The summed E-state index contributed by atoms with van der Waals surface area (Å²) in [6.07, 6.45) is 6.49. The lowest BCUT2D eigenvalue weighted by molar-refractivity contribution is 0.0702. The highest BCUT2D eigenvalue weighted by Gasteiger charge is 2.06. The maximum Gasteiger partial charge on any atom is 0.0494 e. The third-order valence-electron chi connectivity index (χ3n) is 3.00. The van der Waals surface area contributed by atoms with Gasteiger partial charge in [0.15, 0.2) is 0 Å². The number of ether oxygens (including phenoxy) is 1. The fourth-order valence-electron chi connectivity index (χ4n) is 1.45. The molecule has 0 spiro atoms. The topological polar surface area (TPSA) is 9.23 Å². The van der Waals surface area contributed by atoms with E-state index in [1.807, 2.05) is 0 Å². The lowest BCUT2D eigenvalue weighted by atomic mass is 10.0. The first-order valence-electron chi connectivity index (χ1n) is 6.32. The quantitative estimate of drug-likeness (QED) is 0.540. The summed E-state index contributed by atoms with van der Waals surface area (Å²) in [5, 5.41) is 0. The molecule has 0 radical (unpaired) electrons. The predicted molar refractivity (Wildman–Crippen MR) is 63.6 cm³/mol. The minimum absolute atomic E-state index is 0.721. The molecule has 0 aliphatic carbocycles. The monoisotopic (exact) mass is 200 g/mol. The average Bonchev–Trinajstić information content (AvgIpc) is 2.22. The number of hydrogen-bond donors (Lipinski definition) is 0. The van der Waals surface area contributed by atoms with Gasteiger partial charge in [0.2, 0.25) is 0 Å². The van der Waals surface area contributed by atoms with Gasteiger partial charge in [0.25, 0.3) is 0 Å². The molecule has 14 heavy (non-hydrogen) atoms.